The first-order chi connectivity index (χ1) is 9.54. The Labute approximate surface area is 118 Å². The van der Waals surface area contributed by atoms with E-state index in [1.807, 2.05) is 31.2 Å². The second kappa shape index (κ2) is 7.53. The summed E-state index contributed by atoms with van der Waals surface area (Å²) in [5.41, 5.74) is 9.29. The van der Waals surface area contributed by atoms with Crippen molar-refractivity contribution in [3.8, 4) is 0 Å². The zero-order chi connectivity index (χ0) is 15.0. The van der Waals surface area contributed by atoms with Gasteiger partial charge in [-0.3, -0.25) is 5.32 Å². The van der Waals surface area contributed by atoms with Gasteiger partial charge in [0, 0.05) is 11.5 Å². The molecule has 0 radical (unpaired) electrons. The molecule has 0 fully saturated rings. The van der Waals surface area contributed by atoms with Gasteiger partial charge in [0.2, 0.25) is 0 Å². The van der Waals surface area contributed by atoms with E-state index >= 15 is 0 Å². The van der Waals surface area contributed by atoms with E-state index in [-0.39, 0.29) is 5.97 Å². The third-order valence-electron chi connectivity index (χ3n) is 3.20. The average molecular weight is 276 g/mol. The van der Waals surface area contributed by atoms with E-state index in [4.69, 9.17) is 10.3 Å². The number of carbonyl (C=O) groups is 1. The summed E-state index contributed by atoms with van der Waals surface area (Å²) in [6, 6.07) is 7.73. The molecule has 0 amide bonds. The lowest BCUT2D eigenvalue weighted by atomic mass is 9.91. The maximum Gasteiger partial charge on any atom is 0.330 e. The van der Waals surface area contributed by atoms with Crippen LogP contribution in [-0.4, -0.2) is 26.2 Å². The van der Waals surface area contributed by atoms with E-state index in [2.05, 4.69) is 15.3 Å². The Kier molecular flexibility index (Phi) is 6.03. The van der Waals surface area contributed by atoms with Crippen molar-refractivity contribution < 1.29 is 9.53 Å². The van der Waals surface area contributed by atoms with E-state index in [1.165, 1.54) is 7.11 Å². The van der Waals surface area contributed by atoms with E-state index in [0.717, 1.165) is 11.1 Å². The van der Waals surface area contributed by atoms with Crippen molar-refractivity contribution in [2.45, 2.75) is 25.8 Å². The number of rotatable bonds is 7. The molecule has 20 heavy (non-hydrogen) atoms. The van der Waals surface area contributed by atoms with Crippen molar-refractivity contribution in [2.75, 3.05) is 20.2 Å². The molecule has 0 saturated carbocycles. The molecule has 0 bridgehead atoms. The summed E-state index contributed by atoms with van der Waals surface area (Å²) in [7, 11) is 1.37. The minimum atomic E-state index is -0.904. The first-order valence-electron chi connectivity index (χ1n) is 6.46. The number of carbonyl (C=O) groups excluding carboxylic acids is 1. The van der Waals surface area contributed by atoms with Crippen LogP contribution in [0.5, 0.6) is 0 Å². The smallest absolute Gasteiger partial charge is 0.330 e. The van der Waals surface area contributed by atoms with Crippen molar-refractivity contribution in [3.05, 3.63) is 45.8 Å². The lowest BCUT2D eigenvalue weighted by molar-refractivity contribution is -0.148. The van der Waals surface area contributed by atoms with Gasteiger partial charge in [-0.2, -0.15) is 0 Å². The second-order valence-electron chi connectivity index (χ2n) is 4.72. The van der Waals surface area contributed by atoms with E-state index in [1.54, 1.807) is 6.92 Å². The third kappa shape index (κ3) is 3.98. The molecule has 1 unspecified atom stereocenters. The van der Waals surface area contributed by atoms with E-state index < -0.39 is 5.54 Å². The van der Waals surface area contributed by atoms with Crippen LogP contribution in [0.15, 0.2) is 29.4 Å². The summed E-state index contributed by atoms with van der Waals surface area (Å²) in [6.45, 7) is 4.73. The van der Waals surface area contributed by atoms with Crippen molar-refractivity contribution in [1.82, 2.24) is 5.32 Å². The lowest BCUT2D eigenvalue weighted by Gasteiger charge is -2.28. The number of benzene rings is 1. The number of esters is 1. The predicted molar refractivity (Wildman–Crippen MR) is 77.2 cm³/mol. The number of hydrogen-bond acceptors (Lipinski definition) is 4. The highest BCUT2D eigenvalue weighted by molar-refractivity contribution is 5.82. The minimum absolute atomic E-state index is 0.342. The first kappa shape index (κ1) is 16.0. The summed E-state index contributed by atoms with van der Waals surface area (Å²) in [6.07, 6.45) is 0.655. The van der Waals surface area contributed by atoms with Crippen LogP contribution in [0, 0.1) is 6.92 Å². The van der Waals surface area contributed by atoms with E-state index in [9.17, 15) is 4.79 Å². The van der Waals surface area contributed by atoms with Crippen LogP contribution in [0.3, 0.4) is 0 Å². The fourth-order valence-corrected chi connectivity index (χ4v) is 1.92. The molecule has 108 valence electrons. The summed E-state index contributed by atoms with van der Waals surface area (Å²) >= 11 is 0. The lowest BCUT2D eigenvalue weighted by Crippen LogP contribution is -2.47. The van der Waals surface area contributed by atoms with Gasteiger partial charge in [0.25, 0.3) is 0 Å². The van der Waals surface area contributed by atoms with Gasteiger partial charge in [-0.25, -0.2) is 4.79 Å². The summed E-state index contributed by atoms with van der Waals surface area (Å²) < 4.78 is 4.89. The van der Waals surface area contributed by atoms with Gasteiger partial charge in [-0.05, 0) is 37.9 Å². The zero-order valence-electron chi connectivity index (χ0n) is 12.1. The largest absolute Gasteiger partial charge is 0.467 e. The molecular formula is C14H20N4O2. The quantitative estimate of drug-likeness (QED) is 0.273. The molecule has 1 N–H and O–H groups in total. The molecule has 6 heteroatoms. The standard InChI is InChI=1S/C14H20N4O2/c1-11-5-7-12(8-6-11)14(2,13(19)20-3)16-9-4-10-17-18-15/h5-8,16H,4,9-10H2,1-3H3. The number of azide groups is 1. The van der Waals surface area contributed by atoms with Crippen molar-refractivity contribution in [1.29, 1.82) is 0 Å². The molecular weight excluding hydrogens is 256 g/mol. The SMILES string of the molecule is COC(=O)C(C)(NCCCN=[N+]=[N-])c1ccc(C)cc1. The van der Waals surface area contributed by atoms with E-state index in [0.29, 0.717) is 19.5 Å². The van der Waals surface area contributed by atoms with Gasteiger partial charge in [0.05, 0.1) is 7.11 Å². The molecule has 1 rings (SSSR count). The molecule has 0 heterocycles. The molecule has 6 nitrogen and oxygen atoms in total. The molecule has 1 atom stereocenters. The van der Waals surface area contributed by atoms with Crippen LogP contribution in [0.4, 0.5) is 0 Å². The van der Waals surface area contributed by atoms with Gasteiger partial charge >= 0.3 is 5.97 Å². The zero-order valence-corrected chi connectivity index (χ0v) is 12.1. The number of hydrogen-bond donors (Lipinski definition) is 1. The summed E-state index contributed by atoms with van der Waals surface area (Å²) in [4.78, 5) is 14.8. The molecule has 0 spiro atoms. The number of aryl methyl sites for hydroxylation is 1. The Bertz CT molecular complexity index is 494. The van der Waals surface area contributed by atoms with Gasteiger partial charge in [0.1, 0.15) is 5.54 Å². The van der Waals surface area contributed by atoms with Gasteiger partial charge in [-0.1, -0.05) is 34.9 Å². The van der Waals surface area contributed by atoms with Crippen LogP contribution in [0.1, 0.15) is 24.5 Å². The Morgan fingerprint density at radius 2 is 2.10 bits per heavy atom. The highest BCUT2D eigenvalue weighted by Gasteiger charge is 2.35. The highest BCUT2D eigenvalue weighted by atomic mass is 16.5. The van der Waals surface area contributed by atoms with Crippen LogP contribution in [-0.2, 0) is 15.1 Å². The Balaban J connectivity index is 2.83. The molecule has 1 aromatic rings. The van der Waals surface area contributed by atoms with Crippen LogP contribution >= 0.6 is 0 Å². The second-order valence-corrected chi connectivity index (χ2v) is 4.72. The van der Waals surface area contributed by atoms with Gasteiger partial charge < -0.3 is 4.74 Å². The van der Waals surface area contributed by atoms with Gasteiger partial charge in [-0.15, -0.1) is 0 Å². The molecule has 0 aliphatic rings. The number of nitrogens with one attached hydrogen (secondary N) is 1. The molecule has 0 aromatic heterocycles. The Hall–Kier alpha value is -2.04. The predicted octanol–water partition coefficient (Wildman–Crippen LogP) is 2.67. The topological polar surface area (TPSA) is 87.1 Å². The van der Waals surface area contributed by atoms with Crippen molar-refractivity contribution in [2.24, 2.45) is 5.11 Å². The fraction of sp³-hybridized carbons (Fsp3) is 0.500. The van der Waals surface area contributed by atoms with Crippen LogP contribution < -0.4 is 5.32 Å². The minimum Gasteiger partial charge on any atom is -0.467 e. The maximum absolute atomic E-state index is 12.1. The normalized spacial score (nSPS) is 13.2. The van der Waals surface area contributed by atoms with Crippen LogP contribution in [0.2, 0.25) is 0 Å². The first-order valence-corrected chi connectivity index (χ1v) is 6.46. The molecule has 0 aliphatic heterocycles. The maximum atomic E-state index is 12.1. The molecule has 0 saturated heterocycles. The summed E-state index contributed by atoms with van der Waals surface area (Å²) in [5, 5.41) is 6.65. The highest BCUT2D eigenvalue weighted by Crippen LogP contribution is 2.22. The molecule has 1 aromatic carbocycles. The Morgan fingerprint density at radius 1 is 1.45 bits per heavy atom. The fourth-order valence-electron chi connectivity index (χ4n) is 1.92. The third-order valence-corrected chi connectivity index (χ3v) is 3.20. The monoisotopic (exact) mass is 276 g/mol. The number of methoxy groups -OCH3 is 1. The van der Waals surface area contributed by atoms with Crippen molar-refractivity contribution in [3.63, 3.8) is 0 Å². The average Bonchev–Trinajstić information content (AvgIpc) is 2.46. The van der Waals surface area contributed by atoms with Crippen LogP contribution in [0.25, 0.3) is 10.4 Å². The number of ether oxygens (including phenoxy) is 1. The molecule has 0 aliphatic carbocycles. The summed E-state index contributed by atoms with van der Waals surface area (Å²) in [5.74, 6) is -0.342. The Morgan fingerprint density at radius 3 is 2.65 bits per heavy atom. The van der Waals surface area contributed by atoms with Gasteiger partial charge in [0.15, 0.2) is 0 Å². The number of nitrogens with zero attached hydrogens (tertiary/aromatic N) is 3. The van der Waals surface area contributed by atoms with Crippen molar-refractivity contribution >= 4 is 5.97 Å².